The highest BCUT2D eigenvalue weighted by Gasteiger charge is 2.27. The van der Waals surface area contributed by atoms with Crippen molar-refractivity contribution in [2.75, 3.05) is 38.3 Å². The van der Waals surface area contributed by atoms with Crippen LogP contribution >= 0.6 is 11.3 Å². The lowest BCUT2D eigenvalue weighted by molar-refractivity contribution is 0.0299. The fourth-order valence-electron chi connectivity index (χ4n) is 2.32. The van der Waals surface area contributed by atoms with Crippen molar-refractivity contribution in [1.29, 1.82) is 0 Å². The fourth-order valence-corrected chi connectivity index (χ4v) is 3.22. The van der Waals surface area contributed by atoms with Crippen LogP contribution in [0.3, 0.4) is 0 Å². The SMILES string of the molecule is CCC1COC(C)CN1c1nc(CNCCOC)cs1. The maximum atomic E-state index is 5.74. The van der Waals surface area contributed by atoms with Crippen molar-refractivity contribution in [3.63, 3.8) is 0 Å². The van der Waals surface area contributed by atoms with Gasteiger partial charge in [0.05, 0.1) is 31.1 Å². The molecular formula is C14H25N3O2S. The zero-order valence-electron chi connectivity index (χ0n) is 12.6. The molecule has 2 unspecified atom stereocenters. The summed E-state index contributed by atoms with van der Waals surface area (Å²) in [5, 5.41) is 6.59. The molecule has 1 N–H and O–H groups in total. The normalized spacial score (nSPS) is 23.2. The first-order chi connectivity index (χ1) is 9.74. The molecule has 0 aliphatic carbocycles. The number of morpholine rings is 1. The Hall–Kier alpha value is -0.690. The average molecular weight is 299 g/mol. The molecule has 6 heteroatoms. The van der Waals surface area contributed by atoms with Gasteiger partial charge in [0.15, 0.2) is 5.13 Å². The number of nitrogens with zero attached hydrogens (tertiary/aromatic N) is 2. The summed E-state index contributed by atoms with van der Waals surface area (Å²) in [7, 11) is 1.72. The Labute approximate surface area is 125 Å². The zero-order chi connectivity index (χ0) is 14.4. The van der Waals surface area contributed by atoms with Crippen molar-refractivity contribution in [3.05, 3.63) is 11.1 Å². The third-order valence-corrected chi connectivity index (χ3v) is 4.44. The summed E-state index contributed by atoms with van der Waals surface area (Å²) in [5.74, 6) is 0. The van der Waals surface area contributed by atoms with E-state index in [-0.39, 0.29) is 6.10 Å². The van der Waals surface area contributed by atoms with Crippen LogP contribution in [0.2, 0.25) is 0 Å². The van der Waals surface area contributed by atoms with E-state index in [1.54, 1.807) is 18.4 Å². The van der Waals surface area contributed by atoms with Gasteiger partial charge in [-0.05, 0) is 13.3 Å². The van der Waals surface area contributed by atoms with Crippen molar-refractivity contribution >= 4 is 16.5 Å². The number of methoxy groups -OCH3 is 1. The number of ether oxygens (including phenoxy) is 2. The third-order valence-electron chi connectivity index (χ3n) is 3.51. The molecule has 0 amide bonds. The minimum Gasteiger partial charge on any atom is -0.383 e. The lowest BCUT2D eigenvalue weighted by atomic mass is 10.1. The molecule has 0 radical (unpaired) electrons. The molecule has 1 aliphatic rings. The summed E-state index contributed by atoms with van der Waals surface area (Å²) in [5.41, 5.74) is 1.11. The second-order valence-corrected chi connectivity index (χ2v) is 5.99. The lowest BCUT2D eigenvalue weighted by Gasteiger charge is -2.38. The third kappa shape index (κ3) is 4.15. The molecule has 2 rings (SSSR count). The number of hydrogen-bond acceptors (Lipinski definition) is 6. The van der Waals surface area contributed by atoms with Crippen LogP contribution < -0.4 is 10.2 Å². The van der Waals surface area contributed by atoms with E-state index >= 15 is 0 Å². The molecule has 0 spiro atoms. The van der Waals surface area contributed by atoms with Gasteiger partial charge in [-0.15, -0.1) is 11.3 Å². The highest BCUT2D eigenvalue weighted by molar-refractivity contribution is 7.13. The average Bonchev–Trinajstić information content (AvgIpc) is 2.92. The number of rotatable bonds is 7. The van der Waals surface area contributed by atoms with Gasteiger partial charge in [0.1, 0.15) is 0 Å². The van der Waals surface area contributed by atoms with E-state index in [1.165, 1.54) is 0 Å². The Bertz CT molecular complexity index is 400. The van der Waals surface area contributed by atoms with E-state index in [9.17, 15) is 0 Å². The van der Waals surface area contributed by atoms with Gasteiger partial charge in [0, 0.05) is 32.1 Å². The summed E-state index contributed by atoms with van der Waals surface area (Å²) in [6, 6.07) is 0.451. The maximum absolute atomic E-state index is 5.74. The molecule has 1 aromatic heterocycles. The highest BCUT2D eigenvalue weighted by Crippen LogP contribution is 2.26. The molecule has 1 aromatic rings. The largest absolute Gasteiger partial charge is 0.383 e. The summed E-state index contributed by atoms with van der Waals surface area (Å²) in [6.07, 6.45) is 1.37. The van der Waals surface area contributed by atoms with Gasteiger partial charge >= 0.3 is 0 Å². The first-order valence-electron chi connectivity index (χ1n) is 7.26. The van der Waals surface area contributed by atoms with Crippen molar-refractivity contribution < 1.29 is 9.47 Å². The maximum Gasteiger partial charge on any atom is 0.185 e. The standard InChI is InChI=1S/C14H25N3O2S/c1-4-13-9-19-11(2)8-17(13)14-16-12(10-20-14)7-15-5-6-18-3/h10-11,13,15H,4-9H2,1-3H3. The highest BCUT2D eigenvalue weighted by atomic mass is 32.1. The summed E-state index contributed by atoms with van der Waals surface area (Å²) < 4.78 is 10.8. The molecule has 1 aliphatic heterocycles. The summed E-state index contributed by atoms with van der Waals surface area (Å²) in [6.45, 7) is 8.46. The van der Waals surface area contributed by atoms with Crippen LogP contribution in [-0.4, -0.2) is 50.5 Å². The fraction of sp³-hybridized carbons (Fsp3) is 0.786. The monoisotopic (exact) mass is 299 g/mol. The summed E-state index contributed by atoms with van der Waals surface area (Å²) >= 11 is 1.73. The van der Waals surface area contributed by atoms with Crippen LogP contribution in [0, 0.1) is 0 Å². The smallest absolute Gasteiger partial charge is 0.185 e. The molecular weight excluding hydrogens is 274 g/mol. The number of nitrogens with one attached hydrogen (secondary N) is 1. The number of aromatic nitrogens is 1. The Morgan fingerprint density at radius 2 is 2.45 bits per heavy atom. The van der Waals surface area contributed by atoms with E-state index in [2.05, 4.69) is 29.4 Å². The topological polar surface area (TPSA) is 46.6 Å². The Balaban J connectivity index is 1.92. The molecule has 0 bridgehead atoms. The minimum absolute atomic E-state index is 0.282. The Morgan fingerprint density at radius 1 is 1.60 bits per heavy atom. The predicted octanol–water partition coefficient (Wildman–Crippen LogP) is 1.88. The first-order valence-corrected chi connectivity index (χ1v) is 8.14. The Morgan fingerprint density at radius 3 is 3.20 bits per heavy atom. The second kappa shape index (κ2) is 7.93. The summed E-state index contributed by atoms with van der Waals surface area (Å²) in [4.78, 5) is 7.15. The predicted molar refractivity (Wildman–Crippen MR) is 82.5 cm³/mol. The van der Waals surface area contributed by atoms with Crippen LogP contribution in [0.4, 0.5) is 5.13 Å². The lowest BCUT2D eigenvalue weighted by Crippen LogP contribution is -2.48. The molecule has 114 valence electrons. The van der Waals surface area contributed by atoms with Gasteiger partial charge in [0.2, 0.25) is 0 Å². The van der Waals surface area contributed by atoms with Crippen molar-refractivity contribution in [2.45, 2.75) is 39.0 Å². The van der Waals surface area contributed by atoms with Crippen LogP contribution in [-0.2, 0) is 16.0 Å². The van der Waals surface area contributed by atoms with E-state index in [1.807, 2.05) is 0 Å². The van der Waals surface area contributed by atoms with Crippen molar-refractivity contribution in [3.8, 4) is 0 Å². The molecule has 0 saturated carbocycles. The quantitative estimate of drug-likeness (QED) is 0.779. The molecule has 2 heterocycles. The zero-order valence-corrected chi connectivity index (χ0v) is 13.4. The number of anilines is 1. The first kappa shape index (κ1) is 15.7. The molecule has 2 atom stereocenters. The van der Waals surface area contributed by atoms with Crippen LogP contribution in [0.1, 0.15) is 26.0 Å². The van der Waals surface area contributed by atoms with Crippen LogP contribution in [0.5, 0.6) is 0 Å². The molecule has 5 nitrogen and oxygen atoms in total. The second-order valence-electron chi connectivity index (χ2n) is 5.15. The van der Waals surface area contributed by atoms with Gasteiger partial charge in [0.25, 0.3) is 0 Å². The molecule has 20 heavy (non-hydrogen) atoms. The molecule has 0 aromatic carbocycles. The van der Waals surface area contributed by atoms with E-state index in [0.717, 1.165) is 50.1 Å². The minimum atomic E-state index is 0.282. The van der Waals surface area contributed by atoms with Gasteiger partial charge < -0.3 is 19.7 Å². The van der Waals surface area contributed by atoms with E-state index in [0.29, 0.717) is 6.04 Å². The molecule has 1 fully saturated rings. The molecule has 1 saturated heterocycles. The van der Waals surface area contributed by atoms with Gasteiger partial charge in [-0.2, -0.15) is 0 Å². The van der Waals surface area contributed by atoms with Crippen molar-refractivity contribution in [2.24, 2.45) is 0 Å². The van der Waals surface area contributed by atoms with Crippen molar-refractivity contribution in [1.82, 2.24) is 10.3 Å². The van der Waals surface area contributed by atoms with Crippen LogP contribution in [0.25, 0.3) is 0 Å². The van der Waals surface area contributed by atoms with E-state index in [4.69, 9.17) is 14.5 Å². The van der Waals surface area contributed by atoms with Gasteiger partial charge in [-0.1, -0.05) is 6.92 Å². The van der Waals surface area contributed by atoms with Gasteiger partial charge in [-0.3, -0.25) is 0 Å². The van der Waals surface area contributed by atoms with Crippen LogP contribution in [0.15, 0.2) is 5.38 Å². The number of thiazole rings is 1. The van der Waals surface area contributed by atoms with Gasteiger partial charge in [-0.25, -0.2) is 4.98 Å². The van der Waals surface area contributed by atoms with E-state index < -0.39 is 0 Å². The Kier molecular flexibility index (Phi) is 6.22. The number of hydrogen-bond donors (Lipinski definition) is 1.